The number of hydrogen-bond donors (Lipinski definition) is 0. The molecule has 1 atom stereocenters. The maximum atomic E-state index is 12.2. The van der Waals surface area contributed by atoms with Gasteiger partial charge in [0.05, 0.1) is 0 Å². The summed E-state index contributed by atoms with van der Waals surface area (Å²) in [6, 6.07) is 0. The van der Waals surface area contributed by atoms with Crippen LogP contribution >= 0.6 is 0 Å². The van der Waals surface area contributed by atoms with E-state index in [4.69, 9.17) is 0 Å². The molecule has 0 aromatic rings. The minimum atomic E-state index is 0.425. The second kappa shape index (κ2) is 23.0. The van der Waals surface area contributed by atoms with Crippen molar-refractivity contribution in [2.75, 3.05) is 0 Å². The van der Waals surface area contributed by atoms with Gasteiger partial charge in [0.15, 0.2) is 0 Å². The molecular weight excluding hydrogens is 368 g/mol. The molecular formula is C28H54O2. The number of carbonyl (C=O) groups is 2. The highest BCUT2D eigenvalue weighted by Gasteiger charge is 2.10. The van der Waals surface area contributed by atoms with Crippen LogP contribution < -0.4 is 0 Å². The van der Waals surface area contributed by atoms with Gasteiger partial charge in [0.2, 0.25) is 0 Å². The molecule has 2 nitrogen and oxygen atoms in total. The molecule has 0 amide bonds. The van der Waals surface area contributed by atoms with Gasteiger partial charge >= 0.3 is 0 Å². The minimum absolute atomic E-state index is 0.425. The predicted molar refractivity (Wildman–Crippen MR) is 132 cm³/mol. The quantitative estimate of drug-likeness (QED) is 0.145. The average Bonchev–Trinajstić information content (AvgIpc) is 2.72. The lowest BCUT2D eigenvalue weighted by atomic mass is 9.94. The summed E-state index contributed by atoms with van der Waals surface area (Å²) >= 11 is 0. The molecule has 1 unspecified atom stereocenters. The van der Waals surface area contributed by atoms with Gasteiger partial charge < -0.3 is 0 Å². The largest absolute Gasteiger partial charge is 0.300 e. The normalized spacial score (nSPS) is 12.2. The molecule has 0 saturated heterocycles. The second-order valence-corrected chi connectivity index (χ2v) is 9.73. The average molecular weight is 423 g/mol. The molecule has 0 heterocycles. The first-order valence-corrected chi connectivity index (χ1v) is 13.6. The Bertz CT molecular complexity index is 388. The minimum Gasteiger partial charge on any atom is -0.300 e. The van der Waals surface area contributed by atoms with Crippen LogP contribution in [0, 0.1) is 5.92 Å². The summed E-state index contributed by atoms with van der Waals surface area (Å²) in [6.45, 7) is 6.67. The molecule has 0 aliphatic heterocycles. The molecule has 0 aliphatic rings. The first-order valence-electron chi connectivity index (χ1n) is 13.6. The van der Waals surface area contributed by atoms with Gasteiger partial charge in [0, 0.05) is 25.7 Å². The molecule has 178 valence electrons. The van der Waals surface area contributed by atoms with E-state index in [1.54, 1.807) is 0 Å². The summed E-state index contributed by atoms with van der Waals surface area (Å²) in [5.74, 6) is 1.29. The number of ketones is 2. The van der Waals surface area contributed by atoms with Crippen LogP contribution in [0.5, 0.6) is 0 Å². The number of Topliss-reactive ketones (excluding diaryl/α,β-unsaturated/α-hetero) is 2. The summed E-state index contributed by atoms with van der Waals surface area (Å²) in [5, 5.41) is 0. The lowest BCUT2D eigenvalue weighted by Crippen LogP contribution is -2.07. The molecule has 30 heavy (non-hydrogen) atoms. The van der Waals surface area contributed by atoms with Gasteiger partial charge in [0.25, 0.3) is 0 Å². The smallest absolute Gasteiger partial charge is 0.133 e. The molecule has 0 fully saturated rings. The van der Waals surface area contributed by atoms with Crippen molar-refractivity contribution in [3.63, 3.8) is 0 Å². The zero-order valence-corrected chi connectivity index (χ0v) is 21.0. The van der Waals surface area contributed by atoms with Crippen molar-refractivity contribution < 1.29 is 9.59 Å². The van der Waals surface area contributed by atoms with Crippen LogP contribution in [0.2, 0.25) is 0 Å². The van der Waals surface area contributed by atoms with E-state index in [1.807, 2.05) is 0 Å². The van der Waals surface area contributed by atoms with Crippen LogP contribution in [-0.2, 0) is 9.59 Å². The Morgan fingerprint density at radius 2 is 0.867 bits per heavy atom. The van der Waals surface area contributed by atoms with Crippen molar-refractivity contribution in [2.45, 2.75) is 162 Å². The van der Waals surface area contributed by atoms with Crippen molar-refractivity contribution in [3.05, 3.63) is 0 Å². The molecule has 2 heteroatoms. The fourth-order valence-electron chi connectivity index (χ4n) is 4.28. The van der Waals surface area contributed by atoms with Gasteiger partial charge in [-0.05, 0) is 31.6 Å². The zero-order chi connectivity index (χ0) is 22.3. The predicted octanol–water partition coefficient (Wildman–Crippen LogP) is 9.38. The second-order valence-electron chi connectivity index (χ2n) is 9.73. The van der Waals surface area contributed by atoms with Crippen LogP contribution in [0.4, 0.5) is 0 Å². The van der Waals surface area contributed by atoms with E-state index in [2.05, 4.69) is 20.8 Å². The number of unbranched alkanes of at least 4 members (excludes halogenated alkanes) is 14. The Labute approximate surface area is 189 Å². The molecule has 0 aromatic heterocycles. The van der Waals surface area contributed by atoms with Gasteiger partial charge in [-0.25, -0.2) is 0 Å². The van der Waals surface area contributed by atoms with E-state index in [9.17, 15) is 9.59 Å². The highest BCUT2D eigenvalue weighted by molar-refractivity contribution is 5.79. The Morgan fingerprint density at radius 3 is 1.33 bits per heavy atom. The van der Waals surface area contributed by atoms with Crippen molar-refractivity contribution >= 4 is 11.6 Å². The Morgan fingerprint density at radius 1 is 0.500 bits per heavy atom. The lowest BCUT2D eigenvalue weighted by Gasteiger charge is -2.10. The van der Waals surface area contributed by atoms with Crippen LogP contribution in [0.3, 0.4) is 0 Å². The highest BCUT2D eigenvalue weighted by atomic mass is 16.1. The molecule has 0 radical (unpaired) electrons. The summed E-state index contributed by atoms with van der Waals surface area (Å²) in [4.78, 5) is 24.2. The van der Waals surface area contributed by atoms with Gasteiger partial charge in [-0.3, -0.25) is 9.59 Å². The van der Waals surface area contributed by atoms with Gasteiger partial charge in [0.1, 0.15) is 11.6 Å². The van der Waals surface area contributed by atoms with Crippen molar-refractivity contribution in [1.29, 1.82) is 0 Å². The van der Waals surface area contributed by atoms with E-state index < -0.39 is 0 Å². The van der Waals surface area contributed by atoms with Crippen LogP contribution in [-0.4, -0.2) is 11.6 Å². The van der Waals surface area contributed by atoms with Gasteiger partial charge in [-0.2, -0.15) is 0 Å². The Hall–Kier alpha value is -0.660. The van der Waals surface area contributed by atoms with Crippen molar-refractivity contribution in [1.82, 2.24) is 0 Å². The van der Waals surface area contributed by atoms with Crippen LogP contribution in [0.1, 0.15) is 162 Å². The summed E-state index contributed by atoms with van der Waals surface area (Å²) < 4.78 is 0. The summed E-state index contributed by atoms with van der Waals surface area (Å²) in [6.07, 6.45) is 25.6. The summed E-state index contributed by atoms with van der Waals surface area (Å²) in [7, 11) is 0. The number of rotatable bonds is 24. The van der Waals surface area contributed by atoms with Gasteiger partial charge in [-0.1, -0.05) is 111 Å². The van der Waals surface area contributed by atoms with Crippen molar-refractivity contribution in [2.24, 2.45) is 5.92 Å². The molecule has 0 spiro atoms. The van der Waals surface area contributed by atoms with E-state index in [0.717, 1.165) is 38.5 Å². The standard InChI is InChI=1S/C28H54O2/c1-4-6-8-10-12-13-14-15-17-19-23-28(30)25-26(3)21-20-24-27(29)22-18-16-11-9-7-5-2/h26H,4-25H2,1-3H3. The topological polar surface area (TPSA) is 34.1 Å². The summed E-state index contributed by atoms with van der Waals surface area (Å²) in [5.41, 5.74) is 0. The van der Waals surface area contributed by atoms with E-state index >= 15 is 0 Å². The third kappa shape index (κ3) is 22.0. The fraction of sp³-hybridized carbons (Fsp3) is 0.929. The van der Waals surface area contributed by atoms with Crippen LogP contribution in [0.15, 0.2) is 0 Å². The molecule has 0 bridgehead atoms. The van der Waals surface area contributed by atoms with Crippen molar-refractivity contribution in [3.8, 4) is 0 Å². The number of hydrogen-bond acceptors (Lipinski definition) is 2. The van der Waals surface area contributed by atoms with E-state index in [-0.39, 0.29) is 0 Å². The first kappa shape index (κ1) is 29.3. The Balaban J connectivity index is 3.45. The van der Waals surface area contributed by atoms with E-state index in [1.165, 1.54) is 89.9 Å². The first-order chi connectivity index (χ1) is 14.6. The monoisotopic (exact) mass is 422 g/mol. The maximum Gasteiger partial charge on any atom is 0.133 e. The van der Waals surface area contributed by atoms with Gasteiger partial charge in [-0.15, -0.1) is 0 Å². The molecule has 0 saturated carbocycles. The third-order valence-electron chi connectivity index (χ3n) is 6.35. The maximum absolute atomic E-state index is 12.2. The van der Waals surface area contributed by atoms with Crippen LogP contribution in [0.25, 0.3) is 0 Å². The Kier molecular flexibility index (Phi) is 22.5. The molecule has 0 N–H and O–H groups in total. The molecule has 0 rings (SSSR count). The zero-order valence-electron chi connectivity index (χ0n) is 21.0. The lowest BCUT2D eigenvalue weighted by molar-refractivity contribution is -0.120. The molecule has 0 aliphatic carbocycles. The SMILES string of the molecule is CCCCCCCCCCCCC(=O)CC(C)CCCC(=O)CCCCCCCC. The number of carbonyl (C=O) groups excluding carboxylic acids is 2. The highest BCUT2D eigenvalue weighted by Crippen LogP contribution is 2.17. The molecule has 0 aromatic carbocycles. The third-order valence-corrected chi connectivity index (χ3v) is 6.35. The fourth-order valence-corrected chi connectivity index (χ4v) is 4.28. The van der Waals surface area contributed by atoms with E-state index in [0.29, 0.717) is 30.3 Å².